The van der Waals surface area contributed by atoms with Crippen LogP contribution in [0.2, 0.25) is 0 Å². The minimum absolute atomic E-state index is 0.105. The van der Waals surface area contributed by atoms with E-state index in [0.29, 0.717) is 12.0 Å². The van der Waals surface area contributed by atoms with Gasteiger partial charge >= 0.3 is 6.03 Å². The Morgan fingerprint density at radius 2 is 2.10 bits per heavy atom. The van der Waals surface area contributed by atoms with E-state index in [1.165, 1.54) is 25.7 Å². The number of anilines is 1. The Labute approximate surface area is 120 Å². The smallest absolute Gasteiger partial charge is 0.324 e. The van der Waals surface area contributed by atoms with Crippen molar-refractivity contribution in [1.82, 2.24) is 19.7 Å². The molecule has 0 spiro atoms. The van der Waals surface area contributed by atoms with Gasteiger partial charge in [-0.25, -0.2) is 9.78 Å². The molecule has 1 aromatic rings. The maximum absolute atomic E-state index is 12.2. The number of carbonyl (C=O) groups excluding carboxylic acids is 1. The number of hydrogen-bond acceptors (Lipinski definition) is 3. The van der Waals surface area contributed by atoms with Crippen LogP contribution in [-0.4, -0.2) is 38.8 Å². The molecule has 112 valence electrons. The van der Waals surface area contributed by atoms with Crippen molar-refractivity contribution in [1.29, 1.82) is 0 Å². The molecule has 2 rings (SSSR count). The Bertz CT molecular complexity index is 423. The topological polar surface area (TPSA) is 63.1 Å². The molecule has 2 amide bonds. The number of nitrogens with one attached hydrogen (secondary N) is 1. The fraction of sp³-hybridized carbons (Fsp3) is 0.786. The molecule has 6 nitrogen and oxygen atoms in total. The summed E-state index contributed by atoms with van der Waals surface area (Å²) in [5.41, 5.74) is 0. The highest BCUT2D eigenvalue weighted by atomic mass is 16.2. The summed E-state index contributed by atoms with van der Waals surface area (Å²) >= 11 is 0. The third kappa shape index (κ3) is 3.95. The van der Waals surface area contributed by atoms with E-state index in [4.69, 9.17) is 0 Å². The van der Waals surface area contributed by atoms with E-state index in [9.17, 15) is 4.79 Å². The lowest BCUT2D eigenvalue weighted by Crippen LogP contribution is -2.39. The predicted molar refractivity (Wildman–Crippen MR) is 78.6 cm³/mol. The van der Waals surface area contributed by atoms with E-state index < -0.39 is 0 Å². The second kappa shape index (κ2) is 7.26. The highest BCUT2D eigenvalue weighted by Gasteiger charge is 2.21. The molecule has 0 unspecified atom stereocenters. The van der Waals surface area contributed by atoms with Crippen LogP contribution in [0.4, 0.5) is 10.7 Å². The van der Waals surface area contributed by atoms with Crippen molar-refractivity contribution in [2.75, 3.05) is 12.4 Å². The zero-order valence-electron chi connectivity index (χ0n) is 12.5. The number of aromatic nitrogens is 3. The van der Waals surface area contributed by atoms with E-state index in [-0.39, 0.29) is 6.03 Å². The second-order valence-electron chi connectivity index (χ2n) is 5.52. The van der Waals surface area contributed by atoms with Gasteiger partial charge in [-0.3, -0.25) is 10.00 Å². The molecule has 0 saturated heterocycles. The molecule has 0 radical (unpaired) electrons. The van der Waals surface area contributed by atoms with E-state index in [2.05, 4.69) is 22.3 Å². The lowest BCUT2D eigenvalue weighted by Gasteiger charge is -2.26. The Kier molecular flexibility index (Phi) is 5.38. The third-order valence-corrected chi connectivity index (χ3v) is 3.90. The number of urea groups is 1. The molecule has 20 heavy (non-hydrogen) atoms. The summed E-state index contributed by atoms with van der Waals surface area (Å²) in [5, 5.41) is 7.02. The number of amides is 2. The molecule has 1 heterocycles. The minimum atomic E-state index is -0.105. The standard InChI is InChI=1S/C14H25N5O/c1-3-10-19-11-15-13(17-19)16-14(20)18(2)12-8-6-4-5-7-9-12/h11-12H,3-10H2,1-2H3,(H,16,17,20). The molecular formula is C14H25N5O. The number of aryl methyl sites for hydroxylation is 1. The second-order valence-corrected chi connectivity index (χ2v) is 5.52. The van der Waals surface area contributed by atoms with Gasteiger partial charge in [0, 0.05) is 19.6 Å². The van der Waals surface area contributed by atoms with Gasteiger partial charge in [0.15, 0.2) is 0 Å². The number of nitrogens with zero attached hydrogens (tertiary/aromatic N) is 4. The number of rotatable bonds is 4. The van der Waals surface area contributed by atoms with E-state index in [0.717, 1.165) is 25.8 Å². The van der Waals surface area contributed by atoms with Crippen LogP contribution in [-0.2, 0) is 6.54 Å². The van der Waals surface area contributed by atoms with Crippen molar-refractivity contribution in [2.24, 2.45) is 0 Å². The first-order valence-electron chi connectivity index (χ1n) is 7.64. The number of carbonyl (C=O) groups is 1. The van der Waals surface area contributed by atoms with Crippen LogP contribution in [0, 0.1) is 0 Å². The van der Waals surface area contributed by atoms with Crippen molar-refractivity contribution in [3.05, 3.63) is 6.33 Å². The lowest BCUT2D eigenvalue weighted by molar-refractivity contribution is 0.197. The minimum Gasteiger partial charge on any atom is -0.325 e. The van der Waals surface area contributed by atoms with Gasteiger partial charge in [0.1, 0.15) is 6.33 Å². The molecule has 1 aromatic heterocycles. The molecule has 0 atom stereocenters. The zero-order valence-corrected chi connectivity index (χ0v) is 12.5. The molecule has 0 aliphatic heterocycles. The Morgan fingerprint density at radius 1 is 1.40 bits per heavy atom. The van der Waals surface area contributed by atoms with Crippen LogP contribution < -0.4 is 5.32 Å². The maximum Gasteiger partial charge on any atom is 0.324 e. The van der Waals surface area contributed by atoms with Crippen LogP contribution in [0.15, 0.2) is 6.33 Å². The van der Waals surface area contributed by atoms with Crippen LogP contribution in [0.25, 0.3) is 0 Å². The first-order chi connectivity index (χ1) is 9.70. The van der Waals surface area contributed by atoms with Crippen molar-refractivity contribution in [2.45, 2.75) is 64.5 Å². The molecule has 1 saturated carbocycles. The van der Waals surface area contributed by atoms with Gasteiger partial charge < -0.3 is 4.90 Å². The summed E-state index contributed by atoms with van der Waals surface area (Å²) < 4.78 is 1.75. The lowest BCUT2D eigenvalue weighted by atomic mass is 10.1. The Hall–Kier alpha value is -1.59. The van der Waals surface area contributed by atoms with Gasteiger partial charge in [-0.2, -0.15) is 0 Å². The average molecular weight is 279 g/mol. The average Bonchev–Trinajstić information content (AvgIpc) is 2.72. The van der Waals surface area contributed by atoms with Crippen molar-refractivity contribution >= 4 is 12.0 Å². The zero-order chi connectivity index (χ0) is 14.4. The predicted octanol–water partition coefficient (Wildman–Crippen LogP) is 2.87. The molecule has 1 N–H and O–H groups in total. The van der Waals surface area contributed by atoms with Crippen LogP contribution in [0.1, 0.15) is 51.9 Å². The monoisotopic (exact) mass is 279 g/mol. The van der Waals surface area contributed by atoms with E-state index >= 15 is 0 Å². The van der Waals surface area contributed by atoms with Gasteiger partial charge in [-0.15, -0.1) is 5.10 Å². The van der Waals surface area contributed by atoms with Gasteiger partial charge in [-0.05, 0) is 19.3 Å². The quantitative estimate of drug-likeness (QED) is 0.862. The van der Waals surface area contributed by atoms with Crippen molar-refractivity contribution in [3.8, 4) is 0 Å². The Morgan fingerprint density at radius 3 is 2.75 bits per heavy atom. The normalized spacial score (nSPS) is 16.7. The van der Waals surface area contributed by atoms with Crippen LogP contribution >= 0.6 is 0 Å². The summed E-state index contributed by atoms with van der Waals surface area (Å²) in [7, 11) is 1.87. The van der Waals surface area contributed by atoms with Crippen LogP contribution in [0.3, 0.4) is 0 Å². The summed E-state index contributed by atoms with van der Waals surface area (Å²) in [6.45, 7) is 2.90. The van der Waals surface area contributed by atoms with Crippen molar-refractivity contribution in [3.63, 3.8) is 0 Å². The summed E-state index contributed by atoms with van der Waals surface area (Å²) in [6, 6.07) is 0.237. The first kappa shape index (κ1) is 14.8. The molecule has 1 aliphatic carbocycles. The SMILES string of the molecule is CCCn1cnc(NC(=O)N(C)C2CCCCCC2)n1. The van der Waals surface area contributed by atoms with Gasteiger partial charge in [0.2, 0.25) is 5.95 Å². The largest absolute Gasteiger partial charge is 0.325 e. The summed E-state index contributed by atoms with van der Waals surface area (Å²) in [5.74, 6) is 0.393. The molecule has 0 aromatic carbocycles. The highest BCUT2D eigenvalue weighted by molar-refractivity contribution is 5.87. The molecule has 1 aliphatic rings. The van der Waals surface area contributed by atoms with Gasteiger partial charge in [-0.1, -0.05) is 32.6 Å². The number of hydrogen-bond donors (Lipinski definition) is 1. The van der Waals surface area contributed by atoms with E-state index in [1.54, 1.807) is 11.0 Å². The van der Waals surface area contributed by atoms with Crippen LogP contribution in [0.5, 0.6) is 0 Å². The molecule has 1 fully saturated rings. The van der Waals surface area contributed by atoms with Gasteiger partial charge in [0.05, 0.1) is 0 Å². The first-order valence-corrected chi connectivity index (χ1v) is 7.64. The van der Waals surface area contributed by atoms with Crippen molar-refractivity contribution < 1.29 is 4.79 Å². The molecule has 6 heteroatoms. The van der Waals surface area contributed by atoms with E-state index in [1.807, 2.05) is 11.9 Å². The fourth-order valence-electron chi connectivity index (χ4n) is 2.68. The summed E-state index contributed by atoms with van der Waals surface area (Å²) in [4.78, 5) is 18.1. The van der Waals surface area contributed by atoms with Gasteiger partial charge in [0.25, 0.3) is 0 Å². The highest BCUT2D eigenvalue weighted by Crippen LogP contribution is 2.21. The molecular weight excluding hydrogens is 254 g/mol. The molecule has 0 bridgehead atoms. The Balaban J connectivity index is 1.88. The summed E-state index contributed by atoms with van der Waals surface area (Å²) in [6.07, 6.45) is 9.86. The maximum atomic E-state index is 12.2. The fourth-order valence-corrected chi connectivity index (χ4v) is 2.68. The third-order valence-electron chi connectivity index (χ3n) is 3.90.